The predicted molar refractivity (Wildman–Crippen MR) is 119 cm³/mol. The Hall–Kier alpha value is -3.69. The lowest BCUT2D eigenvalue weighted by Crippen LogP contribution is -2.46. The van der Waals surface area contributed by atoms with Crippen LogP contribution >= 0.6 is 0 Å². The number of hydrogen-bond donors (Lipinski definition) is 1. The van der Waals surface area contributed by atoms with Crippen molar-refractivity contribution in [2.45, 2.75) is 39.0 Å². The van der Waals surface area contributed by atoms with Gasteiger partial charge in [-0.3, -0.25) is 9.59 Å². The molecule has 0 saturated carbocycles. The third-order valence-electron chi connectivity index (χ3n) is 5.62. The van der Waals surface area contributed by atoms with Gasteiger partial charge in [-0.1, -0.05) is 31.4 Å². The fourth-order valence-corrected chi connectivity index (χ4v) is 3.91. The van der Waals surface area contributed by atoms with Gasteiger partial charge in [-0.2, -0.15) is 18.2 Å². The van der Waals surface area contributed by atoms with Crippen molar-refractivity contribution in [1.82, 2.24) is 14.5 Å². The average molecular weight is 477 g/mol. The fraction of sp³-hybridized carbons (Fsp3) is 0.292. The first-order valence-electron chi connectivity index (χ1n) is 10.4. The van der Waals surface area contributed by atoms with Crippen LogP contribution in [-0.4, -0.2) is 38.1 Å². The van der Waals surface area contributed by atoms with Crippen LogP contribution in [0.2, 0.25) is 0 Å². The van der Waals surface area contributed by atoms with Crippen molar-refractivity contribution in [3.63, 3.8) is 0 Å². The minimum Gasteiger partial charge on any atom is -0.501 e. The number of benzene rings is 1. The third kappa shape index (κ3) is 4.52. The van der Waals surface area contributed by atoms with E-state index in [-0.39, 0.29) is 41.7 Å². The van der Waals surface area contributed by atoms with Crippen LogP contribution < -0.4 is 5.56 Å². The van der Waals surface area contributed by atoms with E-state index in [1.165, 1.54) is 21.6 Å². The first-order valence-corrected chi connectivity index (χ1v) is 10.4. The first kappa shape index (κ1) is 24.9. The maximum absolute atomic E-state index is 14.2. The minimum absolute atomic E-state index is 0.0645. The normalized spacial score (nSPS) is 14.7. The number of rotatable bonds is 6. The molecular weight excluding hydrogens is 454 g/mol. The quantitative estimate of drug-likeness (QED) is 0.496. The summed E-state index contributed by atoms with van der Waals surface area (Å²) in [7, 11) is 0. The molecule has 0 bridgehead atoms. The SMILES string of the molecule is C=C/C(Cc1nc(=O)c(O)c2n1CCN(C(C)C)C2=O)=C(\C=C)c1ccc(C(F)(F)F)c(F)c1. The highest BCUT2D eigenvalue weighted by Crippen LogP contribution is 2.34. The summed E-state index contributed by atoms with van der Waals surface area (Å²) in [4.78, 5) is 30.6. The molecule has 0 atom stereocenters. The largest absolute Gasteiger partial charge is 0.501 e. The van der Waals surface area contributed by atoms with Crippen molar-refractivity contribution in [2.24, 2.45) is 0 Å². The third-order valence-corrected chi connectivity index (χ3v) is 5.62. The Bertz CT molecular complexity index is 1260. The molecule has 1 aliphatic heterocycles. The Kier molecular flexibility index (Phi) is 6.81. The number of carbonyl (C=O) groups excluding carboxylic acids is 1. The Morgan fingerprint density at radius 3 is 2.41 bits per heavy atom. The second kappa shape index (κ2) is 9.28. The van der Waals surface area contributed by atoms with Crippen LogP contribution in [0.4, 0.5) is 17.6 Å². The molecule has 2 heterocycles. The molecule has 0 radical (unpaired) electrons. The highest BCUT2D eigenvalue weighted by molar-refractivity contribution is 5.96. The summed E-state index contributed by atoms with van der Waals surface area (Å²) in [6.07, 6.45) is -2.18. The van der Waals surface area contributed by atoms with Gasteiger partial charge in [0.25, 0.3) is 5.91 Å². The fourth-order valence-electron chi connectivity index (χ4n) is 3.91. The zero-order valence-electron chi connectivity index (χ0n) is 18.6. The molecule has 1 aliphatic rings. The van der Waals surface area contributed by atoms with Crippen molar-refractivity contribution in [3.05, 3.63) is 87.9 Å². The van der Waals surface area contributed by atoms with Gasteiger partial charge >= 0.3 is 11.7 Å². The molecule has 6 nitrogen and oxygen atoms in total. The average Bonchev–Trinajstić information content (AvgIpc) is 2.75. The van der Waals surface area contributed by atoms with E-state index in [0.29, 0.717) is 18.2 Å². The predicted octanol–water partition coefficient (Wildman–Crippen LogP) is 4.34. The molecule has 0 unspecified atom stereocenters. The van der Waals surface area contributed by atoms with Gasteiger partial charge in [-0.05, 0) is 42.7 Å². The number of allylic oxidation sites excluding steroid dienone is 4. The molecule has 0 spiro atoms. The molecule has 10 heteroatoms. The summed E-state index contributed by atoms with van der Waals surface area (Å²) in [5.74, 6) is -2.56. The molecule has 0 fully saturated rings. The van der Waals surface area contributed by atoms with E-state index in [1.54, 1.807) is 0 Å². The summed E-state index contributed by atoms with van der Waals surface area (Å²) in [6, 6.07) is 2.35. The second-order valence-electron chi connectivity index (χ2n) is 7.99. The lowest BCUT2D eigenvalue weighted by molar-refractivity contribution is -0.140. The molecule has 34 heavy (non-hydrogen) atoms. The molecule has 1 aromatic heterocycles. The van der Waals surface area contributed by atoms with E-state index in [0.717, 1.165) is 12.1 Å². The monoisotopic (exact) mass is 477 g/mol. The van der Waals surface area contributed by atoms with Crippen molar-refractivity contribution < 1.29 is 27.5 Å². The number of alkyl halides is 3. The van der Waals surface area contributed by atoms with Gasteiger partial charge in [0.05, 0.1) is 5.56 Å². The standard InChI is InChI=1S/C24H23F4N3O3/c1-5-14(16(6-2)15-7-8-17(18(25)11-15)24(26,27)28)12-19-29-22(33)21(32)20-23(34)30(13(3)4)9-10-31(19)20/h5-8,11,13,32H,1-2,9-10,12H2,3-4H3/b16-14-. The molecule has 1 N–H and O–H groups in total. The first-order chi connectivity index (χ1) is 15.9. The molecule has 180 valence electrons. The minimum atomic E-state index is -4.84. The molecule has 1 aromatic carbocycles. The number of aromatic nitrogens is 2. The van der Waals surface area contributed by atoms with Crippen LogP contribution in [0.5, 0.6) is 5.75 Å². The van der Waals surface area contributed by atoms with Crippen LogP contribution in [0.3, 0.4) is 0 Å². The van der Waals surface area contributed by atoms with Crippen LogP contribution in [-0.2, 0) is 19.1 Å². The van der Waals surface area contributed by atoms with Crippen LogP contribution in [0.1, 0.15) is 41.3 Å². The number of halogens is 4. The Morgan fingerprint density at radius 2 is 1.88 bits per heavy atom. The number of aromatic hydroxyl groups is 1. The van der Waals surface area contributed by atoms with Crippen LogP contribution in [0, 0.1) is 5.82 Å². The number of nitrogens with zero attached hydrogens (tertiary/aromatic N) is 3. The van der Waals surface area contributed by atoms with Crippen molar-refractivity contribution in [3.8, 4) is 5.75 Å². The van der Waals surface area contributed by atoms with Crippen LogP contribution in [0.15, 0.2) is 53.9 Å². The van der Waals surface area contributed by atoms with E-state index >= 15 is 0 Å². The Balaban J connectivity index is 2.12. The summed E-state index contributed by atoms with van der Waals surface area (Å²) >= 11 is 0. The van der Waals surface area contributed by atoms with Crippen molar-refractivity contribution in [2.75, 3.05) is 6.54 Å². The molecular formula is C24H23F4N3O3. The van der Waals surface area contributed by atoms with E-state index in [2.05, 4.69) is 18.1 Å². The molecule has 1 amide bonds. The zero-order valence-corrected chi connectivity index (χ0v) is 18.6. The molecule has 0 aliphatic carbocycles. The summed E-state index contributed by atoms with van der Waals surface area (Å²) in [5.41, 5.74) is -1.76. The lowest BCUT2D eigenvalue weighted by Gasteiger charge is -2.34. The Morgan fingerprint density at radius 1 is 1.21 bits per heavy atom. The number of amides is 1. The molecule has 2 aromatic rings. The Labute approximate surface area is 193 Å². The lowest BCUT2D eigenvalue weighted by atomic mass is 9.96. The highest BCUT2D eigenvalue weighted by atomic mass is 19.4. The summed E-state index contributed by atoms with van der Waals surface area (Å²) in [6.45, 7) is 11.6. The van der Waals surface area contributed by atoms with Gasteiger partial charge in [0.1, 0.15) is 11.6 Å². The molecule has 3 rings (SSSR count). The highest BCUT2D eigenvalue weighted by Gasteiger charge is 2.34. The second-order valence-corrected chi connectivity index (χ2v) is 7.99. The topological polar surface area (TPSA) is 75.4 Å². The number of carbonyl (C=O) groups is 1. The van der Waals surface area contributed by atoms with Gasteiger partial charge in [0, 0.05) is 25.6 Å². The van der Waals surface area contributed by atoms with Gasteiger partial charge in [0.15, 0.2) is 5.69 Å². The maximum atomic E-state index is 14.2. The van der Waals surface area contributed by atoms with Crippen LogP contribution in [0.25, 0.3) is 5.57 Å². The van der Waals surface area contributed by atoms with E-state index in [4.69, 9.17) is 0 Å². The number of fused-ring (bicyclic) bond motifs is 1. The summed E-state index contributed by atoms with van der Waals surface area (Å²) < 4.78 is 54.4. The zero-order chi connectivity index (χ0) is 25.4. The smallest absolute Gasteiger partial charge is 0.419 e. The van der Waals surface area contributed by atoms with Gasteiger partial charge in [-0.15, -0.1) is 0 Å². The molecule has 0 saturated heterocycles. The van der Waals surface area contributed by atoms with E-state index < -0.39 is 34.8 Å². The number of hydrogen-bond acceptors (Lipinski definition) is 4. The van der Waals surface area contributed by atoms with Gasteiger partial charge < -0.3 is 14.6 Å². The van der Waals surface area contributed by atoms with E-state index in [9.17, 15) is 32.3 Å². The van der Waals surface area contributed by atoms with Crippen molar-refractivity contribution >= 4 is 11.5 Å². The summed E-state index contributed by atoms with van der Waals surface area (Å²) in [5, 5.41) is 10.3. The maximum Gasteiger partial charge on any atom is 0.419 e. The van der Waals surface area contributed by atoms with Gasteiger partial charge in [-0.25, -0.2) is 4.39 Å². The van der Waals surface area contributed by atoms with Crippen molar-refractivity contribution in [1.29, 1.82) is 0 Å². The van der Waals surface area contributed by atoms with E-state index in [1.807, 2.05) is 13.8 Å². The van der Waals surface area contributed by atoms with Gasteiger partial charge in [0.2, 0.25) is 5.75 Å².